The Labute approximate surface area is 145 Å². The second-order valence-corrected chi connectivity index (χ2v) is 5.98. The van der Waals surface area contributed by atoms with E-state index in [-0.39, 0.29) is 0 Å². The first-order valence-corrected chi connectivity index (χ1v) is 8.28. The van der Waals surface area contributed by atoms with Crippen molar-refractivity contribution in [3.63, 3.8) is 0 Å². The van der Waals surface area contributed by atoms with Crippen LogP contribution in [0, 0.1) is 6.92 Å². The number of aryl methyl sites for hydroxylation is 1. The molecule has 1 aromatic carbocycles. The van der Waals surface area contributed by atoms with Crippen LogP contribution in [0.1, 0.15) is 18.6 Å². The number of anilines is 5. The highest BCUT2D eigenvalue weighted by Gasteiger charge is 2.12. The average Bonchev–Trinajstić information content (AvgIpc) is 3.28. The summed E-state index contributed by atoms with van der Waals surface area (Å²) in [5, 5.41) is 18.0. The minimum atomic E-state index is 0.416. The first kappa shape index (κ1) is 15.4. The van der Waals surface area contributed by atoms with Crippen LogP contribution in [0.25, 0.3) is 0 Å². The molecular weight excluding hydrogens is 318 g/mol. The van der Waals surface area contributed by atoms with Gasteiger partial charge in [0.2, 0.25) is 5.95 Å². The van der Waals surface area contributed by atoms with Gasteiger partial charge in [0, 0.05) is 30.5 Å². The quantitative estimate of drug-likeness (QED) is 0.733. The Morgan fingerprint density at radius 1 is 1.04 bits per heavy atom. The van der Waals surface area contributed by atoms with E-state index in [1.54, 1.807) is 6.07 Å². The van der Waals surface area contributed by atoms with Crippen LogP contribution in [0.15, 0.2) is 41.1 Å². The minimum Gasteiger partial charge on any atom is -0.372 e. The maximum absolute atomic E-state index is 5.02. The van der Waals surface area contributed by atoms with Crippen molar-refractivity contribution in [3.05, 3.63) is 42.3 Å². The second-order valence-electron chi connectivity index (χ2n) is 5.98. The number of hydrogen-bond acceptors (Lipinski definition) is 8. The zero-order valence-electron chi connectivity index (χ0n) is 13.9. The fraction of sp³-hybridized carbons (Fsp3) is 0.294. The summed E-state index contributed by atoms with van der Waals surface area (Å²) in [5.41, 5.74) is 2.16. The Hall–Kier alpha value is -3.16. The monoisotopic (exact) mass is 337 g/mol. The van der Waals surface area contributed by atoms with Crippen molar-refractivity contribution in [3.8, 4) is 0 Å². The third-order valence-corrected chi connectivity index (χ3v) is 4.04. The first-order chi connectivity index (χ1) is 12.3. The van der Waals surface area contributed by atoms with Crippen molar-refractivity contribution in [2.75, 3.05) is 28.6 Å². The van der Waals surface area contributed by atoms with E-state index in [2.05, 4.69) is 48.0 Å². The summed E-state index contributed by atoms with van der Waals surface area (Å²) in [4.78, 5) is 6.78. The molecule has 2 aromatic heterocycles. The smallest absolute Gasteiger partial charge is 0.249 e. The van der Waals surface area contributed by atoms with Gasteiger partial charge in [-0.05, 0) is 44.0 Å². The molecule has 0 spiro atoms. The Morgan fingerprint density at radius 2 is 1.84 bits per heavy atom. The molecule has 3 aromatic rings. The second kappa shape index (κ2) is 6.76. The molecule has 8 nitrogen and oxygen atoms in total. The molecule has 0 saturated carbocycles. The Balaban J connectivity index is 1.44. The fourth-order valence-electron chi connectivity index (χ4n) is 2.83. The maximum atomic E-state index is 5.02. The van der Waals surface area contributed by atoms with E-state index in [1.807, 2.05) is 19.1 Å². The van der Waals surface area contributed by atoms with E-state index >= 15 is 0 Å². The van der Waals surface area contributed by atoms with E-state index < -0.39 is 0 Å². The van der Waals surface area contributed by atoms with Gasteiger partial charge in [-0.3, -0.25) is 0 Å². The van der Waals surface area contributed by atoms with Gasteiger partial charge in [-0.25, -0.2) is 0 Å². The number of benzene rings is 1. The van der Waals surface area contributed by atoms with Crippen molar-refractivity contribution < 1.29 is 4.52 Å². The molecule has 0 atom stereocenters. The summed E-state index contributed by atoms with van der Waals surface area (Å²) < 4.78 is 5.02. The third kappa shape index (κ3) is 3.68. The molecular formula is C17H19N7O. The van der Waals surface area contributed by atoms with Crippen LogP contribution in [-0.2, 0) is 0 Å². The molecule has 0 aliphatic carbocycles. The standard InChI is InChI=1S/C17H19N7O/c1-12-10-15(23-25-12)20-16-11-18-22-17(21-16)19-13-4-6-14(7-5-13)24-8-2-3-9-24/h4-7,10-11H,2-3,8-9H2,1H3,(H2,19,20,21,22,23). The topological polar surface area (TPSA) is 92.0 Å². The van der Waals surface area contributed by atoms with Gasteiger partial charge in [-0.1, -0.05) is 5.16 Å². The van der Waals surface area contributed by atoms with E-state index in [1.165, 1.54) is 24.7 Å². The lowest BCUT2D eigenvalue weighted by Crippen LogP contribution is -2.17. The molecule has 0 bridgehead atoms. The summed E-state index contributed by atoms with van der Waals surface area (Å²) in [6.07, 6.45) is 4.07. The zero-order chi connectivity index (χ0) is 17.1. The number of aromatic nitrogens is 4. The Morgan fingerprint density at radius 3 is 2.56 bits per heavy atom. The van der Waals surface area contributed by atoms with Gasteiger partial charge < -0.3 is 20.1 Å². The van der Waals surface area contributed by atoms with Crippen LogP contribution in [0.2, 0.25) is 0 Å². The van der Waals surface area contributed by atoms with Gasteiger partial charge in [0.05, 0.1) is 6.20 Å². The molecule has 0 radical (unpaired) electrons. The maximum Gasteiger partial charge on any atom is 0.249 e. The van der Waals surface area contributed by atoms with Gasteiger partial charge in [-0.15, -0.1) is 5.10 Å². The Kier molecular flexibility index (Phi) is 4.16. The van der Waals surface area contributed by atoms with Gasteiger partial charge in [0.25, 0.3) is 0 Å². The molecule has 8 heteroatoms. The van der Waals surface area contributed by atoms with E-state index in [0.29, 0.717) is 17.6 Å². The van der Waals surface area contributed by atoms with E-state index in [4.69, 9.17) is 4.52 Å². The molecule has 1 aliphatic rings. The summed E-state index contributed by atoms with van der Waals surface area (Å²) in [6.45, 7) is 4.10. The van der Waals surface area contributed by atoms with Gasteiger partial charge >= 0.3 is 0 Å². The van der Waals surface area contributed by atoms with Gasteiger partial charge in [0.15, 0.2) is 11.6 Å². The summed E-state index contributed by atoms with van der Waals surface area (Å²) in [7, 11) is 0. The summed E-state index contributed by atoms with van der Waals surface area (Å²) in [5.74, 6) is 2.26. The number of nitrogens with one attached hydrogen (secondary N) is 2. The molecule has 1 saturated heterocycles. The van der Waals surface area contributed by atoms with Crippen LogP contribution in [-0.4, -0.2) is 33.4 Å². The lowest BCUT2D eigenvalue weighted by molar-refractivity contribution is 0.400. The predicted octanol–water partition coefficient (Wildman–Crippen LogP) is 3.26. The lowest BCUT2D eigenvalue weighted by atomic mass is 10.2. The van der Waals surface area contributed by atoms with Gasteiger partial charge in [0.1, 0.15) is 5.76 Å². The normalized spacial score (nSPS) is 13.9. The molecule has 128 valence electrons. The van der Waals surface area contributed by atoms with Crippen LogP contribution < -0.4 is 15.5 Å². The minimum absolute atomic E-state index is 0.416. The molecule has 1 aliphatic heterocycles. The van der Waals surface area contributed by atoms with Crippen LogP contribution in [0.3, 0.4) is 0 Å². The highest BCUT2D eigenvalue weighted by atomic mass is 16.5. The largest absolute Gasteiger partial charge is 0.372 e. The van der Waals surface area contributed by atoms with Crippen molar-refractivity contribution in [2.45, 2.75) is 19.8 Å². The van der Waals surface area contributed by atoms with Gasteiger partial charge in [-0.2, -0.15) is 10.1 Å². The molecule has 3 heterocycles. The highest BCUT2D eigenvalue weighted by molar-refractivity contribution is 5.60. The first-order valence-electron chi connectivity index (χ1n) is 8.28. The Bertz CT molecular complexity index is 840. The van der Waals surface area contributed by atoms with E-state index in [0.717, 1.165) is 24.5 Å². The number of rotatable bonds is 5. The van der Waals surface area contributed by atoms with Crippen molar-refractivity contribution in [1.29, 1.82) is 0 Å². The molecule has 2 N–H and O–H groups in total. The number of nitrogens with zero attached hydrogens (tertiary/aromatic N) is 5. The summed E-state index contributed by atoms with van der Waals surface area (Å²) in [6, 6.07) is 10.1. The fourth-order valence-corrected chi connectivity index (χ4v) is 2.83. The SMILES string of the molecule is Cc1cc(Nc2cnnc(Nc3ccc(N4CCCC4)cc3)n2)no1. The summed E-state index contributed by atoms with van der Waals surface area (Å²) >= 11 is 0. The molecule has 0 amide bonds. The average molecular weight is 337 g/mol. The number of hydrogen-bond donors (Lipinski definition) is 2. The molecule has 25 heavy (non-hydrogen) atoms. The zero-order valence-corrected chi connectivity index (χ0v) is 13.9. The van der Waals surface area contributed by atoms with E-state index in [9.17, 15) is 0 Å². The van der Waals surface area contributed by atoms with Crippen LogP contribution in [0.5, 0.6) is 0 Å². The predicted molar refractivity (Wildman–Crippen MR) is 95.5 cm³/mol. The third-order valence-electron chi connectivity index (χ3n) is 4.04. The van der Waals surface area contributed by atoms with Crippen molar-refractivity contribution in [2.24, 2.45) is 0 Å². The van der Waals surface area contributed by atoms with Crippen molar-refractivity contribution >= 4 is 29.0 Å². The highest BCUT2D eigenvalue weighted by Crippen LogP contribution is 2.23. The molecule has 4 rings (SSSR count). The van der Waals surface area contributed by atoms with Crippen LogP contribution >= 0.6 is 0 Å². The molecule has 0 unspecified atom stereocenters. The van der Waals surface area contributed by atoms with Crippen LogP contribution in [0.4, 0.5) is 29.0 Å². The molecule has 1 fully saturated rings. The van der Waals surface area contributed by atoms with Crippen molar-refractivity contribution in [1.82, 2.24) is 20.3 Å². The lowest BCUT2D eigenvalue weighted by Gasteiger charge is -2.17.